The third-order valence-corrected chi connectivity index (χ3v) is 13.0. The van der Waals surface area contributed by atoms with Crippen molar-refractivity contribution in [3.05, 3.63) is 251 Å². The highest BCUT2D eigenvalue weighted by atomic mass is 16.7. The molecule has 0 spiro atoms. The van der Waals surface area contributed by atoms with E-state index in [1.807, 2.05) is 212 Å². The summed E-state index contributed by atoms with van der Waals surface area (Å²) in [4.78, 5) is 0. The van der Waals surface area contributed by atoms with Crippen molar-refractivity contribution in [3.8, 4) is 0 Å². The minimum atomic E-state index is -1.11. The molecule has 0 radical (unpaired) electrons. The van der Waals surface area contributed by atoms with E-state index >= 15 is 0 Å². The lowest BCUT2D eigenvalue weighted by molar-refractivity contribution is -0.364. The Labute approximate surface area is 429 Å². The summed E-state index contributed by atoms with van der Waals surface area (Å²) in [6, 6.07) is 70.0. The van der Waals surface area contributed by atoms with Crippen LogP contribution in [0.2, 0.25) is 0 Å². The van der Waals surface area contributed by atoms with Gasteiger partial charge in [-0.2, -0.15) is 0 Å². The monoisotopic (exact) mass is 986 g/mol. The third kappa shape index (κ3) is 15.3. The lowest BCUT2D eigenvalue weighted by atomic mass is 9.93. The number of rotatable bonds is 26. The largest absolute Gasteiger partial charge is 0.394 e. The van der Waals surface area contributed by atoms with Crippen molar-refractivity contribution in [1.29, 1.82) is 0 Å². The summed E-state index contributed by atoms with van der Waals surface area (Å²) in [7, 11) is 0. The van der Waals surface area contributed by atoms with Crippen LogP contribution in [0.15, 0.2) is 212 Å². The first-order valence-electron chi connectivity index (χ1n) is 25.2. The van der Waals surface area contributed by atoms with Crippen LogP contribution >= 0.6 is 0 Å². The van der Waals surface area contributed by atoms with Gasteiger partial charge in [0, 0.05) is 0 Å². The Morgan fingerprint density at radius 2 is 0.562 bits per heavy atom. The highest BCUT2D eigenvalue weighted by Crippen LogP contribution is 2.37. The molecule has 7 aromatic carbocycles. The molecule has 11 nitrogen and oxygen atoms in total. The van der Waals surface area contributed by atoms with Crippen molar-refractivity contribution < 1.29 is 52.5 Å². The maximum Gasteiger partial charge on any atom is 0.187 e. The maximum absolute atomic E-state index is 11.1. The molecule has 0 aliphatic carbocycles. The van der Waals surface area contributed by atoms with Gasteiger partial charge in [-0.15, -0.1) is 0 Å². The van der Waals surface area contributed by atoms with Crippen LogP contribution in [0.5, 0.6) is 0 Å². The second-order valence-electron chi connectivity index (χ2n) is 18.3. The first-order valence-corrected chi connectivity index (χ1v) is 25.2. The Morgan fingerprint density at radius 1 is 0.288 bits per heavy atom. The van der Waals surface area contributed by atoms with E-state index in [9.17, 15) is 5.11 Å². The Kier molecular flexibility index (Phi) is 19.9. The zero-order valence-corrected chi connectivity index (χ0v) is 41.1. The lowest BCUT2D eigenvalue weighted by Crippen LogP contribution is -2.66. The zero-order valence-electron chi connectivity index (χ0n) is 41.1. The highest BCUT2D eigenvalue weighted by Gasteiger charge is 2.54. The molecule has 1 N–H and O–H groups in total. The summed E-state index contributed by atoms with van der Waals surface area (Å²) < 4.78 is 69.5. The van der Waals surface area contributed by atoms with Gasteiger partial charge in [0.1, 0.15) is 54.9 Å². The first kappa shape index (κ1) is 52.0. The Morgan fingerprint density at radius 3 is 0.904 bits per heavy atom. The van der Waals surface area contributed by atoms with Crippen molar-refractivity contribution >= 4 is 0 Å². The Bertz CT molecular complexity index is 2560. The standard InChI is InChI=1S/C62H66O11/c63-36-53-56(66-39-48-26-12-3-13-27-48)59(68-41-50-30-16-5-17-31-50)58(55(71-53)45-65-38-47-24-10-2-11-25-47)73-62-61(70-43-52-34-20-7-21-35-52)60(69-42-51-32-18-6-19-33-51)57(67-40-49-28-14-4-15-29-49)54(72-62)44-64-37-46-22-8-1-9-23-46/h1-35,53-63H,36-45H2. The summed E-state index contributed by atoms with van der Waals surface area (Å²) in [6.07, 6.45) is -8.26. The molecule has 0 bridgehead atoms. The minimum absolute atomic E-state index is 0.0925. The number of hydrogen-bond donors (Lipinski definition) is 1. The Hall–Kier alpha value is -5.90. The number of ether oxygens (including phenoxy) is 10. The van der Waals surface area contributed by atoms with Crippen LogP contribution in [-0.4, -0.2) is 86.2 Å². The molecule has 73 heavy (non-hydrogen) atoms. The molecule has 2 saturated heterocycles. The van der Waals surface area contributed by atoms with Crippen LogP contribution in [0.25, 0.3) is 0 Å². The van der Waals surface area contributed by atoms with Crippen LogP contribution in [0.1, 0.15) is 38.9 Å². The molecule has 0 aromatic heterocycles. The second kappa shape index (κ2) is 28.0. The van der Waals surface area contributed by atoms with Crippen molar-refractivity contribution in [3.63, 3.8) is 0 Å². The highest BCUT2D eigenvalue weighted by molar-refractivity contribution is 5.19. The van der Waals surface area contributed by atoms with Crippen molar-refractivity contribution in [2.24, 2.45) is 0 Å². The van der Waals surface area contributed by atoms with E-state index in [2.05, 4.69) is 0 Å². The molecular weight excluding hydrogens is 921 g/mol. The average molecular weight is 987 g/mol. The van der Waals surface area contributed by atoms with Crippen LogP contribution in [0.4, 0.5) is 0 Å². The van der Waals surface area contributed by atoms with Gasteiger partial charge >= 0.3 is 0 Å². The molecule has 2 fully saturated rings. The maximum atomic E-state index is 11.1. The van der Waals surface area contributed by atoms with Gasteiger partial charge in [-0.05, 0) is 38.9 Å². The Balaban J connectivity index is 1.11. The van der Waals surface area contributed by atoms with Gasteiger partial charge in [0.2, 0.25) is 0 Å². The fourth-order valence-electron chi connectivity index (χ4n) is 9.24. The minimum Gasteiger partial charge on any atom is -0.394 e. The molecule has 2 aliphatic heterocycles. The van der Waals surface area contributed by atoms with Crippen molar-refractivity contribution in [2.75, 3.05) is 19.8 Å². The molecule has 10 atom stereocenters. The van der Waals surface area contributed by atoms with Gasteiger partial charge in [-0.1, -0.05) is 212 Å². The SMILES string of the molecule is OCC1OC(COCc2ccccc2)C(OC2OC(COCc3ccccc3)C(OCc3ccccc3)C(OCc3ccccc3)C2OCc2ccccc2)C(OCc2ccccc2)C1OCc1ccccc1. The van der Waals surface area contributed by atoms with Gasteiger partial charge in [0.05, 0.1) is 66.1 Å². The summed E-state index contributed by atoms with van der Waals surface area (Å²) in [5.74, 6) is 0. The summed E-state index contributed by atoms with van der Waals surface area (Å²) in [5.41, 5.74) is 6.85. The molecule has 2 aliphatic rings. The third-order valence-electron chi connectivity index (χ3n) is 13.0. The topological polar surface area (TPSA) is 113 Å². The van der Waals surface area contributed by atoms with Crippen LogP contribution in [0.3, 0.4) is 0 Å². The predicted molar refractivity (Wildman–Crippen MR) is 277 cm³/mol. The van der Waals surface area contributed by atoms with Gasteiger partial charge in [0.25, 0.3) is 0 Å². The van der Waals surface area contributed by atoms with Crippen molar-refractivity contribution in [2.45, 2.75) is 107 Å². The predicted octanol–water partition coefficient (Wildman–Crippen LogP) is 10.2. The fraction of sp³-hybridized carbons (Fsp3) is 0.323. The number of hydrogen-bond acceptors (Lipinski definition) is 11. The van der Waals surface area contributed by atoms with Crippen LogP contribution in [0, 0.1) is 0 Å². The van der Waals surface area contributed by atoms with Crippen LogP contribution in [-0.2, 0) is 93.6 Å². The van der Waals surface area contributed by atoms with E-state index in [-0.39, 0.29) is 52.9 Å². The second-order valence-corrected chi connectivity index (χ2v) is 18.3. The molecule has 11 heteroatoms. The number of aliphatic hydroxyl groups excluding tert-OH is 1. The molecular formula is C62H66O11. The van der Waals surface area contributed by atoms with E-state index < -0.39 is 61.2 Å². The van der Waals surface area contributed by atoms with Gasteiger partial charge in [0.15, 0.2) is 6.29 Å². The number of benzene rings is 7. The normalized spacial score (nSPS) is 24.0. The quantitative estimate of drug-likeness (QED) is 0.0560. The summed E-state index contributed by atoms with van der Waals surface area (Å²) in [6.45, 7) is 1.76. The molecule has 10 unspecified atom stereocenters. The van der Waals surface area contributed by atoms with Gasteiger partial charge in [-0.3, -0.25) is 0 Å². The molecule has 380 valence electrons. The van der Waals surface area contributed by atoms with E-state index in [1.165, 1.54) is 0 Å². The van der Waals surface area contributed by atoms with Crippen LogP contribution < -0.4 is 0 Å². The molecule has 9 rings (SSSR count). The van der Waals surface area contributed by atoms with E-state index in [0.717, 1.165) is 38.9 Å². The average Bonchev–Trinajstić information content (AvgIpc) is 3.45. The fourth-order valence-corrected chi connectivity index (χ4v) is 9.24. The van der Waals surface area contributed by atoms with E-state index in [0.29, 0.717) is 13.2 Å². The van der Waals surface area contributed by atoms with Crippen molar-refractivity contribution in [1.82, 2.24) is 0 Å². The van der Waals surface area contributed by atoms with Gasteiger partial charge < -0.3 is 52.5 Å². The van der Waals surface area contributed by atoms with Gasteiger partial charge in [-0.25, -0.2) is 0 Å². The zero-order chi connectivity index (χ0) is 49.7. The summed E-state index contributed by atoms with van der Waals surface area (Å²) in [5, 5.41) is 11.1. The smallest absolute Gasteiger partial charge is 0.187 e. The molecule has 7 aromatic rings. The number of aliphatic hydroxyl groups is 1. The van der Waals surface area contributed by atoms with E-state index in [4.69, 9.17) is 47.4 Å². The first-order chi connectivity index (χ1) is 36.2. The molecule has 2 heterocycles. The molecule has 0 amide bonds. The summed E-state index contributed by atoms with van der Waals surface area (Å²) >= 11 is 0. The lowest BCUT2D eigenvalue weighted by Gasteiger charge is -2.50. The molecule has 0 saturated carbocycles. The van der Waals surface area contributed by atoms with E-state index in [1.54, 1.807) is 0 Å².